The lowest BCUT2D eigenvalue weighted by Crippen LogP contribution is -2.26. The molecule has 2 atom stereocenters. The van der Waals surface area contributed by atoms with Gasteiger partial charge in [0.25, 0.3) is 0 Å². The standard InChI is InChI=1S/C13H21NO5P2/c1-4-17-13(20-15,11-7-9-12(14)10-8-11)21(16,18-5-2)19-6-3/h7-10H,4-6,14H2,1-3H3/p+1. The summed E-state index contributed by atoms with van der Waals surface area (Å²) in [6.07, 6.45) is 0. The van der Waals surface area contributed by atoms with Crippen LogP contribution in [0.25, 0.3) is 0 Å². The minimum Gasteiger partial charge on any atom is -0.399 e. The van der Waals surface area contributed by atoms with Crippen LogP contribution in [-0.2, 0) is 28.0 Å². The molecule has 2 N–H and O–H groups in total. The third-order valence-corrected chi connectivity index (χ3v) is 6.94. The first-order chi connectivity index (χ1) is 9.99. The molecule has 0 fully saturated rings. The molecule has 118 valence electrons. The lowest BCUT2D eigenvalue weighted by Gasteiger charge is -2.28. The third-order valence-electron chi connectivity index (χ3n) is 2.78. The van der Waals surface area contributed by atoms with Gasteiger partial charge in [-0.05, 0) is 45.0 Å². The second-order valence-corrected chi connectivity index (χ2v) is 7.60. The molecule has 0 bridgehead atoms. The Morgan fingerprint density at radius 3 is 2.00 bits per heavy atom. The fraction of sp³-hybridized carbons (Fsp3) is 0.538. The summed E-state index contributed by atoms with van der Waals surface area (Å²) in [7, 11) is -4.83. The smallest absolute Gasteiger partial charge is 0.399 e. The summed E-state index contributed by atoms with van der Waals surface area (Å²) >= 11 is 0. The molecule has 8 heteroatoms. The van der Waals surface area contributed by atoms with Crippen LogP contribution in [0.4, 0.5) is 5.69 Å². The number of hydrogen-bond acceptors (Lipinski definition) is 6. The van der Waals surface area contributed by atoms with Crippen molar-refractivity contribution < 1.29 is 22.9 Å². The molecule has 1 aromatic rings. The number of hydrogen-bond donors (Lipinski definition) is 1. The van der Waals surface area contributed by atoms with E-state index in [-0.39, 0.29) is 19.8 Å². The molecule has 21 heavy (non-hydrogen) atoms. The molecule has 0 aliphatic carbocycles. The molecule has 0 spiro atoms. The fourth-order valence-electron chi connectivity index (χ4n) is 1.94. The molecule has 0 amide bonds. The molecule has 1 aromatic carbocycles. The van der Waals surface area contributed by atoms with E-state index in [0.717, 1.165) is 0 Å². The lowest BCUT2D eigenvalue weighted by atomic mass is 10.2. The lowest BCUT2D eigenvalue weighted by molar-refractivity contribution is 0.0505. The van der Waals surface area contributed by atoms with Gasteiger partial charge in [0, 0.05) is 11.3 Å². The number of nitrogen functional groups attached to an aromatic ring is 1. The van der Waals surface area contributed by atoms with Crippen LogP contribution in [0.5, 0.6) is 0 Å². The quantitative estimate of drug-likeness (QED) is 0.547. The van der Waals surface area contributed by atoms with Gasteiger partial charge in [0.2, 0.25) is 0 Å². The van der Waals surface area contributed by atoms with Crippen LogP contribution in [0.15, 0.2) is 24.3 Å². The SMILES string of the molecule is CCOC([PH+]=O)(c1ccc(N)cc1)P(=O)(OCC)OCC. The van der Waals surface area contributed by atoms with Gasteiger partial charge in [0.1, 0.15) is 0 Å². The highest BCUT2D eigenvalue weighted by Crippen LogP contribution is 2.70. The van der Waals surface area contributed by atoms with Crippen LogP contribution in [0.3, 0.4) is 0 Å². The summed E-state index contributed by atoms with van der Waals surface area (Å²) in [6.45, 7) is 5.65. The van der Waals surface area contributed by atoms with Crippen molar-refractivity contribution in [2.24, 2.45) is 0 Å². The van der Waals surface area contributed by atoms with Crippen LogP contribution in [0, 0.1) is 0 Å². The molecule has 2 unspecified atom stereocenters. The van der Waals surface area contributed by atoms with Crippen LogP contribution >= 0.6 is 16.1 Å². The fourth-order valence-corrected chi connectivity index (χ4v) is 5.13. The van der Waals surface area contributed by atoms with Crippen molar-refractivity contribution in [3.05, 3.63) is 29.8 Å². The molecule has 0 saturated heterocycles. The number of rotatable bonds is 9. The molecule has 0 heterocycles. The molecular weight excluding hydrogens is 312 g/mol. The number of benzene rings is 1. The molecule has 0 aromatic heterocycles. The molecule has 0 aliphatic rings. The van der Waals surface area contributed by atoms with E-state index in [1.165, 1.54) is 0 Å². The number of anilines is 1. The van der Waals surface area contributed by atoms with Crippen molar-refractivity contribution >= 4 is 21.7 Å². The number of nitrogens with two attached hydrogens (primary N) is 1. The van der Waals surface area contributed by atoms with E-state index in [9.17, 15) is 9.13 Å². The largest absolute Gasteiger partial charge is 0.417 e. The Balaban J connectivity index is 3.46. The van der Waals surface area contributed by atoms with Crippen molar-refractivity contribution in [2.75, 3.05) is 25.6 Å². The highest BCUT2D eigenvalue weighted by Gasteiger charge is 2.62. The molecule has 0 saturated carbocycles. The van der Waals surface area contributed by atoms with Crippen molar-refractivity contribution in [3.63, 3.8) is 0 Å². The van der Waals surface area contributed by atoms with Gasteiger partial charge < -0.3 is 19.5 Å². The van der Waals surface area contributed by atoms with E-state index in [1.807, 2.05) is 0 Å². The van der Waals surface area contributed by atoms with Crippen LogP contribution < -0.4 is 5.73 Å². The summed E-state index contributed by atoms with van der Waals surface area (Å²) in [5.41, 5.74) is 6.66. The van der Waals surface area contributed by atoms with Gasteiger partial charge in [-0.25, -0.2) is 0 Å². The predicted octanol–water partition coefficient (Wildman–Crippen LogP) is 3.71. The highest BCUT2D eigenvalue weighted by atomic mass is 31.2. The van der Waals surface area contributed by atoms with Crippen LogP contribution in [-0.4, -0.2) is 19.8 Å². The average Bonchev–Trinajstić information content (AvgIpc) is 2.46. The molecule has 1 rings (SSSR count). The highest BCUT2D eigenvalue weighted by molar-refractivity contribution is 7.64. The van der Waals surface area contributed by atoms with Crippen molar-refractivity contribution in [1.82, 2.24) is 0 Å². The van der Waals surface area contributed by atoms with Crippen LogP contribution in [0.1, 0.15) is 26.3 Å². The van der Waals surface area contributed by atoms with E-state index in [1.54, 1.807) is 45.0 Å². The topological polar surface area (TPSA) is 87.9 Å². The molecular formula is C13H22NO5P2+. The Bertz CT molecular complexity index is 498. The summed E-state index contributed by atoms with van der Waals surface area (Å²) in [5, 5.41) is -1.64. The van der Waals surface area contributed by atoms with Gasteiger partial charge in [-0.3, -0.25) is 4.57 Å². The average molecular weight is 334 g/mol. The second-order valence-electron chi connectivity index (χ2n) is 4.13. The van der Waals surface area contributed by atoms with Crippen molar-refractivity contribution in [1.29, 1.82) is 0 Å². The minimum atomic E-state index is -3.78. The maximum absolute atomic E-state index is 13.1. The van der Waals surface area contributed by atoms with Gasteiger partial charge >= 0.3 is 21.1 Å². The van der Waals surface area contributed by atoms with Gasteiger partial charge in [0.15, 0.2) is 0 Å². The van der Waals surface area contributed by atoms with Gasteiger partial charge in [-0.15, -0.1) is 0 Å². The molecule has 6 nitrogen and oxygen atoms in total. The molecule has 0 aliphatic heterocycles. The maximum Gasteiger partial charge on any atom is 0.417 e. The monoisotopic (exact) mass is 334 g/mol. The third kappa shape index (κ3) is 3.71. The Morgan fingerprint density at radius 2 is 1.62 bits per heavy atom. The van der Waals surface area contributed by atoms with E-state index in [4.69, 9.17) is 19.5 Å². The summed E-state index contributed by atoms with van der Waals surface area (Å²) in [5.74, 6) is 0. The van der Waals surface area contributed by atoms with Gasteiger partial charge in [-0.1, -0.05) is 4.57 Å². The first-order valence-electron chi connectivity index (χ1n) is 6.78. The maximum atomic E-state index is 13.1. The summed E-state index contributed by atoms with van der Waals surface area (Å²) < 4.78 is 41.4. The Labute approximate surface area is 126 Å². The zero-order valence-electron chi connectivity index (χ0n) is 12.5. The predicted molar refractivity (Wildman–Crippen MR) is 84.0 cm³/mol. The Morgan fingerprint density at radius 1 is 1.10 bits per heavy atom. The zero-order chi connectivity index (χ0) is 15.9. The van der Waals surface area contributed by atoms with Crippen molar-refractivity contribution in [3.8, 4) is 0 Å². The van der Waals surface area contributed by atoms with E-state index >= 15 is 0 Å². The first kappa shape index (κ1) is 18.3. The summed E-state index contributed by atoms with van der Waals surface area (Å²) in [6, 6.07) is 6.51. The van der Waals surface area contributed by atoms with E-state index in [0.29, 0.717) is 11.3 Å². The zero-order valence-corrected chi connectivity index (χ0v) is 14.4. The minimum absolute atomic E-state index is 0.158. The van der Waals surface area contributed by atoms with Gasteiger partial charge in [-0.2, -0.15) is 0 Å². The van der Waals surface area contributed by atoms with Gasteiger partial charge in [0.05, 0.1) is 19.8 Å². The van der Waals surface area contributed by atoms with E-state index in [2.05, 4.69) is 0 Å². The first-order valence-corrected chi connectivity index (χ1v) is 9.23. The Kier molecular flexibility index (Phi) is 6.98. The number of ether oxygens (including phenoxy) is 1. The summed E-state index contributed by atoms with van der Waals surface area (Å²) in [4.78, 5) is 0. The normalized spacial score (nSPS) is 15.0. The molecule has 0 radical (unpaired) electrons. The Hall–Kier alpha value is -0.770. The second kappa shape index (κ2) is 8.02. The van der Waals surface area contributed by atoms with Crippen LogP contribution in [0.2, 0.25) is 0 Å². The van der Waals surface area contributed by atoms with Crippen molar-refractivity contribution in [2.45, 2.75) is 25.9 Å². The van der Waals surface area contributed by atoms with E-state index < -0.39 is 21.1 Å².